The second kappa shape index (κ2) is 32.9. The van der Waals surface area contributed by atoms with Crippen LogP contribution in [0.4, 0.5) is 0 Å². The molecule has 3 unspecified atom stereocenters. The summed E-state index contributed by atoms with van der Waals surface area (Å²) in [6.45, 7) is 4.75. The molecule has 0 aliphatic heterocycles. The summed E-state index contributed by atoms with van der Waals surface area (Å²) in [7, 11) is 1.56. The molecule has 9 heteroatoms. The van der Waals surface area contributed by atoms with E-state index in [0.717, 1.165) is 38.5 Å². The molecule has 1 amide bonds. The van der Waals surface area contributed by atoms with Gasteiger partial charge in [0.2, 0.25) is 5.91 Å². The second-order valence-electron chi connectivity index (χ2n) is 15.0. The van der Waals surface area contributed by atoms with Crippen LogP contribution in [0.3, 0.4) is 0 Å². The number of nitrogens with zero attached hydrogens (tertiary/aromatic N) is 1. The molecular formula is C40H80N2O6P+. The molecule has 0 aliphatic rings. The number of nitrogens with one attached hydrogen (secondary N) is 1. The maximum atomic E-state index is 12.8. The molecule has 49 heavy (non-hydrogen) atoms. The monoisotopic (exact) mass is 716 g/mol. The lowest BCUT2D eigenvalue weighted by atomic mass is 10.0. The number of unbranched alkanes of at least 4 members (excludes halogenated alkanes) is 21. The predicted octanol–water partition coefficient (Wildman–Crippen LogP) is 10.6. The number of carbonyl (C=O) groups excluding carboxylic acids is 1. The summed E-state index contributed by atoms with van der Waals surface area (Å²) >= 11 is 0. The third-order valence-electron chi connectivity index (χ3n) is 8.92. The Balaban J connectivity index is 4.42. The molecule has 0 aromatic heterocycles. The number of allylic oxidation sites excluding steroid dienone is 3. The normalized spacial score (nSPS) is 14.8. The molecular weight excluding hydrogens is 635 g/mol. The van der Waals surface area contributed by atoms with Crippen molar-refractivity contribution in [1.82, 2.24) is 5.32 Å². The van der Waals surface area contributed by atoms with Gasteiger partial charge in [0, 0.05) is 6.42 Å². The zero-order chi connectivity index (χ0) is 36.5. The molecule has 3 N–H and O–H groups in total. The summed E-state index contributed by atoms with van der Waals surface area (Å²) < 4.78 is 23.4. The first-order chi connectivity index (χ1) is 23.5. The minimum atomic E-state index is -4.33. The van der Waals surface area contributed by atoms with Crippen LogP contribution in [0.25, 0.3) is 0 Å². The third-order valence-corrected chi connectivity index (χ3v) is 9.91. The van der Waals surface area contributed by atoms with Gasteiger partial charge in [0.15, 0.2) is 0 Å². The van der Waals surface area contributed by atoms with Crippen molar-refractivity contribution in [3.05, 3.63) is 24.3 Å². The molecule has 0 bridgehead atoms. The number of amides is 1. The predicted molar refractivity (Wildman–Crippen MR) is 208 cm³/mol. The Kier molecular flexibility index (Phi) is 32.2. The molecule has 8 nitrogen and oxygen atoms in total. The Morgan fingerprint density at radius 3 is 1.63 bits per heavy atom. The van der Waals surface area contributed by atoms with E-state index in [1.165, 1.54) is 116 Å². The maximum Gasteiger partial charge on any atom is 0.472 e. The van der Waals surface area contributed by atoms with E-state index >= 15 is 0 Å². The first-order valence-electron chi connectivity index (χ1n) is 20.2. The Labute approximate surface area is 303 Å². The lowest BCUT2D eigenvalue weighted by Gasteiger charge is -2.25. The summed E-state index contributed by atoms with van der Waals surface area (Å²) in [4.78, 5) is 23.0. The van der Waals surface area contributed by atoms with Crippen LogP contribution >= 0.6 is 7.82 Å². The Morgan fingerprint density at radius 1 is 0.673 bits per heavy atom. The van der Waals surface area contributed by atoms with Crippen molar-refractivity contribution in [2.24, 2.45) is 0 Å². The lowest BCUT2D eigenvalue weighted by Crippen LogP contribution is -2.45. The van der Waals surface area contributed by atoms with Crippen molar-refractivity contribution in [2.45, 2.75) is 187 Å². The van der Waals surface area contributed by atoms with Crippen molar-refractivity contribution in [2.75, 3.05) is 40.9 Å². The lowest BCUT2D eigenvalue weighted by molar-refractivity contribution is -0.870. The number of phosphoric ester groups is 1. The van der Waals surface area contributed by atoms with E-state index in [9.17, 15) is 19.4 Å². The number of aliphatic hydroxyl groups excluding tert-OH is 1. The summed E-state index contributed by atoms with van der Waals surface area (Å²) in [5.74, 6) is -0.188. The van der Waals surface area contributed by atoms with E-state index in [-0.39, 0.29) is 19.1 Å². The van der Waals surface area contributed by atoms with Crippen LogP contribution in [0, 0.1) is 0 Å². The summed E-state index contributed by atoms with van der Waals surface area (Å²) in [6, 6.07) is -0.855. The van der Waals surface area contributed by atoms with Gasteiger partial charge in [-0.05, 0) is 32.1 Å². The van der Waals surface area contributed by atoms with E-state index in [1.807, 2.05) is 27.2 Å². The maximum absolute atomic E-state index is 12.8. The molecule has 0 rings (SSSR count). The molecule has 0 fully saturated rings. The van der Waals surface area contributed by atoms with E-state index in [1.54, 1.807) is 6.08 Å². The fraction of sp³-hybridized carbons (Fsp3) is 0.875. The summed E-state index contributed by atoms with van der Waals surface area (Å²) in [6.07, 6.45) is 36.8. The zero-order valence-corrected chi connectivity index (χ0v) is 33.6. The standard InChI is InChI=1S/C40H79N2O6P/c1-6-8-10-12-14-16-18-19-20-21-22-23-24-26-28-30-32-34-40(44)41-38(37-48-49(45,46)47-36-35-42(3,4)5)39(43)33-31-29-27-25-17-15-13-11-9-7-2/h17,25,31,33,38-39,43H,6-16,18-24,26-30,32,34-37H2,1-5H3,(H-,41,44,45,46)/p+1/b25-17+,33-31+. The number of hydrogen-bond donors (Lipinski definition) is 3. The molecule has 0 spiro atoms. The molecule has 0 aromatic carbocycles. The fourth-order valence-corrected chi connectivity index (χ4v) is 6.38. The van der Waals surface area contributed by atoms with Crippen LogP contribution in [0.5, 0.6) is 0 Å². The van der Waals surface area contributed by atoms with Gasteiger partial charge >= 0.3 is 7.82 Å². The summed E-state index contributed by atoms with van der Waals surface area (Å²) in [5.41, 5.74) is 0. The van der Waals surface area contributed by atoms with Crippen LogP contribution in [-0.2, 0) is 18.4 Å². The van der Waals surface area contributed by atoms with Gasteiger partial charge in [0.1, 0.15) is 13.2 Å². The average molecular weight is 716 g/mol. The van der Waals surface area contributed by atoms with Crippen molar-refractivity contribution < 1.29 is 32.9 Å². The highest BCUT2D eigenvalue weighted by molar-refractivity contribution is 7.47. The van der Waals surface area contributed by atoms with Gasteiger partial charge in [-0.2, -0.15) is 0 Å². The quantitative estimate of drug-likeness (QED) is 0.0258. The number of phosphoric acid groups is 1. The largest absolute Gasteiger partial charge is 0.472 e. The van der Waals surface area contributed by atoms with Crippen molar-refractivity contribution in [3.8, 4) is 0 Å². The number of quaternary nitrogens is 1. The summed E-state index contributed by atoms with van der Waals surface area (Å²) in [5, 5.41) is 13.7. The van der Waals surface area contributed by atoms with Gasteiger partial charge < -0.3 is 19.8 Å². The van der Waals surface area contributed by atoms with Crippen LogP contribution in [0.15, 0.2) is 24.3 Å². The van der Waals surface area contributed by atoms with Crippen molar-refractivity contribution in [3.63, 3.8) is 0 Å². The van der Waals surface area contributed by atoms with Gasteiger partial charge in [-0.3, -0.25) is 13.8 Å². The smallest absolute Gasteiger partial charge is 0.387 e. The van der Waals surface area contributed by atoms with E-state index < -0.39 is 20.0 Å². The molecule has 0 aromatic rings. The van der Waals surface area contributed by atoms with E-state index in [0.29, 0.717) is 17.4 Å². The average Bonchev–Trinajstić information content (AvgIpc) is 3.04. The minimum Gasteiger partial charge on any atom is -0.387 e. The third kappa shape index (κ3) is 35.2. The van der Waals surface area contributed by atoms with Gasteiger partial charge in [-0.1, -0.05) is 160 Å². The topological polar surface area (TPSA) is 105 Å². The number of rotatable bonds is 36. The number of likely N-dealkylation sites (N-methyl/N-ethyl adjacent to an activating group) is 1. The van der Waals surface area contributed by atoms with Crippen molar-refractivity contribution >= 4 is 13.7 Å². The van der Waals surface area contributed by atoms with Crippen molar-refractivity contribution in [1.29, 1.82) is 0 Å². The SMILES string of the molecule is CCCCCC/C=C/CC/C=C/C(O)C(COP(=O)(O)OCC[N+](C)(C)C)NC(=O)CCCCCCCCCCCCCCCCCCC. The molecule has 0 saturated carbocycles. The first kappa shape index (κ1) is 48.0. The van der Waals surface area contributed by atoms with Gasteiger partial charge in [-0.25, -0.2) is 4.57 Å². The molecule has 290 valence electrons. The highest BCUT2D eigenvalue weighted by atomic mass is 31.2. The van der Waals surface area contributed by atoms with Crippen LogP contribution in [0.2, 0.25) is 0 Å². The van der Waals surface area contributed by atoms with Crippen LogP contribution < -0.4 is 5.32 Å². The number of carbonyl (C=O) groups is 1. The van der Waals surface area contributed by atoms with Gasteiger partial charge in [-0.15, -0.1) is 0 Å². The van der Waals surface area contributed by atoms with Gasteiger partial charge in [0.05, 0.1) is 39.9 Å². The second-order valence-corrected chi connectivity index (χ2v) is 16.5. The minimum absolute atomic E-state index is 0.0577. The van der Waals surface area contributed by atoms with Crippen LogP contribution in [-0.4, -0.2) is 73.4 Å². The Morgan fingerprint density at radius 2 is 1.12 bits per heavy atom. The van der Waals surface area contributed by atoms with E-state index in [4.69, 9.17) is 9.05 Å². The molecule has 0 heterocycles. The Hall–Kier alpha value is -1.02. The first-order valence-corrected chi connectivity index (χ1v) is 21.7. The molecule has 0 radical (unpaired) electrons. The number of hydrogen-bond acceptors (Lipinski definition) is 5. The molecule has 0 aliphatic carbocycles. The molecule has 0 saturated heterocycles. The number of aliphatic hydroxyl groups is 1. The van der Waals surface area contributed by atoms with E-state index in [2.05, 4.69) is 31.3 Å². The highest BCUT2D eigenvalue weighted by Crippen LogP contribution is 2.43. The highest BCUT2D eigenvalue weighted by Gasteiger charge is 2.27. The fourth-order valence-electron chi connectivity index (χ4n) is 5.64. The Bertz CT molecular complexity index is 860. The van der Waals surface area contributed by atoms with Crippen LogP contribution in [0.1, 0.15) is 174 Å². The molecule has 3 atom stereocenters. The zero-order valence-electron chi connectivity index (χ0n) is 32.7. The van der Waals surface area contributed by atoms with Gasteiger partial charge in [0.25, 0.3) is 0 Å².